The normalized spacial score (nSPS) is 20.9. The van der Waals surface area contributed by atoms with Crippen molar-refractivity contribution in [3.63, 3.8) is 0 Å². The van der Waals surface area contributed by atoms with Crippen molar-refractivity contribution in [3.05, 3.63) is 29.3 Å². The van der Waals surface area contributed by atoms with Gasteiger partial charge in [-0.15, -0.1) is 0 Å². The molecule has 1 saturated heterocycles. The Morgan fingerprint density at radius 2 is 2.11 bits per heavy atom. The maximum Gasteiger partial charge on any atom is 0.122 e. The molecular formula is C14H21N3O2. The number of nitrogens with two attached hydrogens (primary N) is 1. The summed E-state index contributed by atoms with van der Waals surface area (Å²) in [7, 11) is 0. The molecule has 0 amide bonds. The Hall–Kier alpha value is -1.14. The lowest BCUT2D eigenvalue weighted by Crippen LogP contribution is -2.48. The Morgan fingerprint density at radius 3 is 2.89 bits per heavy atom. The summed E-state index contributed by atoms with van der Waals surface area (Å²) >= 11 is 0. The average molecular weight is 263 g/mol. The van der Waals surface area contributed by atoms with Crippen molar-refractivity contribution in [2.75, 3.05) is 39.5 Å². The zero-order chi connectivity index (χ0) is 13.1. The number of hydrazine groups is 1. The van der Waals surface area contributed by atoms with Gasteiger partial charge in [-0.25, -0.2) is 10.4 Å². The Labute approximate surface area is 113 Å². The average Bonchev–Trinajstić information content (AvgIpc) is 2.93. The molecule has 1 fully saturated rings. The minimum atomic E-state index is 0.156. The van der Waals surface area contributed by atoms with Crippen molar-refractivity contribution in [1.29, 1.82) is 0 Å². The van der Waals surface area contributed by atoms with E-state index < -0.39 is 0 Å². The van der Waals surface area contributed by atoms with Gasteiger partial charge in [0, 0.05) is 26.1 Å². The van der Waals surface area contributed by atoms with Gasteiger partial charge in [0.1, 0.15) is 5.75 Å². The third kappa shape index (κ3) is 2.90. The summed E-state index contributed by atoms with van der Waals surface area (Å²) in [6, 6.07) is 6.54. The molecule has 5 heteroatoms. The first-order valence-electron chi connectivity index (χ1n) is 6.91. The predicted molar refractivity (Wildman–Crippen MR) is 73.0 cm³/mol. The molecule has 2 aliphatic heterocycles. The number of morpholine rings is 1. The molecule has 0 bridgehead atoms. The summed E-state index contributed by atoms with van der Waals surface area (Å²) in [5.74, 6) is 1.02. The van der Waals surface area contributed by atoms with Crippen LogP contribution in [0.2, 0.25) is 0 Å². The van der Waals surface area contributed by atoms with Crippen LogP contribution in [0.4, 0.5) is 0 Å². The minimum absolute atomic E-state index is 0.156. The number of nitrogens with one attached hydrogen (secondary N) is 1. The van der Waals surface area contributed by atoms with Crippen LogP contribution in [0.15, 0.2) is 18.2 Å². The molecule has 3 rings (SSSR count). The summed E-state index contributed by atoms with van der Waals surface area (Å²) in [5.41, 5.74) is 11.9. The number of rotatable bonds is 4. The maximum atomic E-state index is 5.92. The number of hydrogen-bond donors (Lipinski definition) is 2. The zero-order valence-corrected chi connectivity index (χ0v) is 11.1. The van der Waals surface area contributed by atoms with E-state index in [4.69, 9.17) is 15.2 Å². The highest BCUT2D eigenvalue weighted by molar-refractivity contribution is 5.40. The maximum absolute atomic E-state index is 5.92. The van der Waals surface area contributed by atoms with Crippen LogP contribution in [0, 0.1) is 0 Å². The topological polar surface area (TPSA) is 59.8 Å². The number of benzene rings is 1. The molecule has 104 valence electrons. The van der Waals surface area contributed by atoms with E-state index in [1.807, 2.05) is 0 Å². The lowest BCUT2D eigenvalue weighted by Gasteiger charge is -2.31. The summed E-state index contributed by atoms with van der Waals surface area (Å²) < 4.78 is 10.9. The van der Waals surface area contributed by atoms with Crippen LogP contribution in [-0.2, 0) is 11.2 Å². The van der Waals surface area contributed by atoms with Gasteiger partial charge in [0.05, 0.1) is 25.9 Å². The second kappa shape index (κ2) is 5.88. The fraction of sp³-hybridized carbons (Fsp3) is 0.571. The standard InChI is InChI=1S/C14H21N3O2/c15-10-13(16-17-4-7-18-8-5-17)11-1-2-14-12(9-11)3-6-19-14/h1-2,9,13,16H,3-8,10,15H2. The third-order valence-corrected chi connectivity index (χ3v) is 3.70. The van der Waals surface area contributed by atoms with Gasteiger partial charge in [-0.05, 0) is 17.2 Å². The van der Waals surface area contributed by atoms with Crippen molar-refractivity contribution < 1.29 is 9.47 Å². The van der Waals surface area contributed by atoms with E-state index in [0.29, 0.717) is 6.54 Å². The van der Waals surface area contributed by atoms with Gasteiger partial charge >= 0.3 is 0 Å². The van der Waals surface area contributed by atoms with Crippen LogP contribution >= 0.6 is 0 Å². The molecule has 0 aromatic heterocycles. The molecule has 2 heterocycles. The Kier molecular flexibility index (Phi) is 3.98. The Balaban J connectivity index is 1.70. The van der Waals surface area contributed by atoms with Gasteiger partial charge in [0.25, 0.3) is 0 Å². The van der Waals surface area contributed by atoms with E-state index in [0.717, 1.165) is 45.1 Å². The van der Waals surface area contributed by atoms with Crippen LogP contribution in [0.5, 0.6) is 5.75 Å². The summed E-state index contributed by atoms with van der Waals surface area (Å²) in [4.78, 5) is 0. The molecule has 0 spiro atoms. The van der Waals surface area contributed by atoms with Gasteiger partial charge < -0.3 is 15.2 Å². The molecule has 1 aromatic rings. The lowest BCUT2D eigenvalue weighted by molar-refractivity contribution is 0.00404. The highest BCUT2D eigenvalue weighted by Crippen LogP contribution is 2.28. The molecule has 0 radical (unpaired) electrons. The van der Waals surface area contributed by atoms with E-state index in [-0.39, 0.29) is 6.04 Å². The summed E-state index contributed by atoms with van der Waals surface area (Å²) in [5, 5.41) is 2.20. The molecule has 1 unspecified atom stereocenters. The predicted octanol–water partition coefficient (Wildman–Crippen LogP) is 0.458. The Morgan fingerprint density at radius 1 is 1.26 bits per heavy atom. The fourth-order valence-corrected chi connectivity index (χ4v) is 2.60. The molecule has 5 nitrogen and oxygen atoms in total. The number of ether oxygens (including phenoxy) is 2. The van der Waals surface area contributed by atoms with E-state index in [1.165, 1.54) is 11.1 Å². The number of fused-ring (bicyclic) bond motifs is 1. The van der Waals surface area contributed by atoms with Crippen LogP contribution in [0.3, 0.4) is 0 Å². The van der Waals surface area contributed by atoms with Gasteiger partial charge in [-0.1, -0.05) is 12.1 Å². The molecule has 1 aromatic carbocycles. The summed E-state index contributed by atoms with van der Waals surface area (Å²) in [6.07, 6.45) is 0.998. The lowest BCUT2D eigenvalue weighted by atomic mass is 10.0. The smallest absolute Gasteiger partial charge is 0.122 e. The van der Waals surface area contributed by atoms with E-state index in [1.54, 1.807) is 0 Å². The minimum Gasteiger partial charge on any atom is -0.493 e. The van der Waals surface area contributed by atoms with Crippen LogP contribution < -0.4 is 15.9 Å². The van der Waals surface area contributed by atoms with Gasteiger partial charge in [0.15, 0.2) is 0 Å². The Bertz CT molecular complexity index is 433. The number of hydrogen-bond acceptors (Lipinski definition) is 5. The van der Waals surface area contributed by atoms with Crippen LogP contribution in [0.1, 0.15) is 17.2 Å². The van der Waals surface area contributed by atoms with Gasteiger partial charge in [-0.3, -0.25) is 0 Å². The van der Waals surface area contributed by atoms with Crippen molar-refractivity contribution >= 4 is 0 Å². The molecule has 0 aliphatic carbocycles. The van der Waals surface area contributed by atoms with E-state index in [2.05, 4.69) is 28.6 Å². The SMILES string of the molecule is NCC(NN1CCOCC1)c1ccc2c(c1)CCO2. The number of nitrogens with zero attached hydrogens (tertiary/aromatic N) is 1. The van der Waals surface area contributed by atoms with Crippen LogP contribution in [0.25, 0.3) is 0 Å². The van der Waals surface area contributed by atoms with Crippen molar-refractivity contribution in [2.45, 2.75) is 12.5 Å². The van der Waals surface area contributed by atoms with Gasteiger partial charge in [-0.2, -0.15) is 0 Å². The molecule has 19 heavy (non-hydrogen) atoms. The fourth-order valence-electron chi connectivity index (χ4n) is 2.60. The quantitative estimate of drug-likeness (QED) is 0.826. The highest BCUT2D eigenvalue weighted by atomic mass is 16.5. The van der Waals surface area contributed by atoms with E-state index >= 15 is 0 Å². The molecule has 0 saturated carbocycles. The highest BCUT2D eigenvalue weighted by Gasteiger charge is 2.19. The second-order valence-electron chi connectivity index (χ2n) is 4.98. The van der Waals surface area contributed by atoms with Crippen molar-refractivity contribution in [3.8, 4) is 5.75 Å². The van der Waals surface area contributed by atoms with Crippen molar-refractivity contribution in [2.24, 2.45) is 5.73 Å². The second-order valence-corrected chi connectivity index (χ2v) is 4.98. The molecule has 2 aliphatic rings. The zero-order valence-electron chi connectivity index (χ0n) is 11.1. The van der Waals surface area contributed by atoms with Crippen LogP contribution in [-0.4, -0.2) is 44.5 Å². The first-order valence-corrected chi connectivity index (χ1v) is 6.91. The third-order valence-electron chi connectivity index (χ3n) is 3.70. The molecular weight excluding hydrogens is 242 g/mol. The van der Waals surface area contributed by atoms with Gasteiger partial charge in [0.2, 0.25) is 0 Å². The summed E-state index contributed by atoms with van der Waals surface area (Å²) in [6.45, 7) is 4.75. The van der Waals surface area contributed by atoms with E-state index in [9.17, 15) is 0 Å². The molecule has 1 atom stereocenters. The monoisotopic (exact) mass is 263 g/mol. The van der Waals surface area contributed by atoms with Crippen molar-refractivity contribution in [1.82, 2.24) is 10.4 Å². The first-order chi connectivity index (χ1) is 9.36. The largest absolute Gasteiger partial charge is 0.493 e. The first kappa shape index (κ1) is 12.9. The molecule has 3 N–H and O–H groups in total.